The molecule has 8 N–H and O–H groups in total. The van der Waals surface area contributed by atoms with E-state index < -0.39 is 17.9 Å². The van der Waals surface area contributed by atoms with Gasteiger partial charge in [-0.05, 0) is 18.4 Å². The van der Waals surface area contributed by atoms with Crippen LogP contribution in [-0.2, 0) is 9.59 Å². The number of anilines is 2. The maximum atomic E-state index is 11.9. The number of hydrogen-bond donors (Lipinski definition) is 5. The zero-order valence-electron chi connectivity index (χ0n) is 12.9. The Balaban J connectivity index is 0.00000288. The summed E-state index contributed by atoms with van der Waals surface area (Å²) in [4.78, 5) is 37.7. The minimum absolute atomic E-state index is 0. The number of imidazole rings is 1. The van der Waals surface area contributed by atoms with Crippen LogP contribution in [0.5, 0.6) is 0 Å². The average molecular weight is 357 g/mol. The molecule has 0 aliphatic rings. The molecule has 0 bridgehead atoms. The van der Waals surface area contributed by atoms with Crippen LogP contribution in [0.1, 0.15) is 6.42 Å². The molecule has 2 aromatic rings. The third-order valence-electron chi connectivity index (χ3n) is 2.96. The topological polar surface area (TPSA) is 190 Å². The first-order valence-electron chi connectivity index (χ1n) is 6.73. The molecule has 24 heavy (non-hydrogen) atoms. The van der Waals surface area contributed by atoms with E-state index in [4.69, 9.17) is 10.8 Å². The van der Waals surface area contributed by atoms with E-state index in [-0.39, 0.29) is 18.0 Å². The smallest absolute Gasteiger partial charge is 0.326 e. The van der Waals surface area contributed by atoms with Crippen LogP contribution in [0.2, 0.25) is 0 Å². The second-order valence-electron chi connectivity index (χ2n) is 4.62. The summed E-state index contributed by atoms with van der Waals surface area (Å²) >= 11 is 1.52. The quantitative estimate of drug-likeness (QED) is 0.388. The van der Waals surface area contributed by atoms with Gasteiger partial charge in [-0.1, -0.05) is 0 Å². The van der Waals surface area contributed by atoms with E-state index in [9.17, 15) is 9.59 Å². The molecule has 11 nitrogen and oxygen atoms in total. The fourth-order valence-electron chi connectivity index (χ4n) is 1.88. The van der Waals surface area contributed by atoms with Crippen molar-refractivity contribution in [3.63, 3.8) is 0 Å². The fourth-order valence-corrected chi connectivity index (χ4v) is 2.35. The van der Waals surface area contributed by atoms with Crippen molar-refractivity contribution >= 4 is 46.6 Å². The number of carboxylic acids is 1. The average Bonchev–Trinajstić information content (AvgIpc) is 2.96. The molecular weight excluding hydrogens is 338 g/mol. The molecule has 1 atom stereocenters. The standard InChI is InChI=1S/C12H17N7O3S.H2O/c1-23-3-2-6(11(21)22)17-7(20)4-14-9-8-10(16-5-15-8)19-12(13)18-9;/h5-6H,2-4H2,1H3,(H,17,20)(H,21,22)(H4,13,14,15,16,18,19);1H2/t6-;/m0./s1. The summed E-state index contributed by atoms with van der Waals surface area (Å²) in [7, 11) is 0. The molecule has 2 rings (SSSR count). The largest absolute Gasteiger partial charge is 0.480 e. The van der Waals surface area contributed by atoms with Crippen LogP contribution < -0.4 is 16.4 Å². The number of nitrogen functional groups attached to an aromatic ring is 1. The maximum Gasteiger partial charge on any atom is 0.326 e. The van der Waals surface area contributed by atoms with Gasteiger partial charge in [-0.2, -0.15) is 21.7 Å². The first kappa shape index (κ1) is 19.4. The summed E-state index contributed by atoms with van der Waals surface area (Å²) in [5, 5.41) is 14.4. The van der Waals surface area contributed by atoms with E-state index in [1.54, 1.807) is 0 Å². The first-order chi connectivity index (χ1) is 11.0. The number of nitrogens with one attached hydrogen (secondary N) is 3. The molecule has 0 fully saturated rings. The zero-order chi connectivity index (χ0) is 16.8. The number of nitrogens with two attached hydrogens (primary N) is 1. The number of carbonyl (C=O) groups excluding carboxylic acids is 1. The Morgan fingerprint density at radius 3 is 2.88 bits per heavy atom. The molecule has 2 heterocycles. The highest BCUT2D eigenvalue weighted by atomic mass is 32.2. The SMILES string of the molecule is CSCC[C@H](NC(=O)CNc1nc(N)nc2nc[nH]c12)C(=O)O.O. The highest BCUT2D eigenvalue weighted by molar-refractivity contribution is 7.98. The van der Waals surface area contributed by atoms with Gasteiger partial charge in [0.2, 0.25) is 11.9 Å². The highest BCUT2D eigenvalue weighted by Crippen LogP contribution is 2.16. The predicted octanol–water partition coefficient (Wildman–Crippen LogP) is -1.16. The second-order valence-corrected chi connectivity index (χ2v) is 5.61. The first-order valence-corrected chi connectivity index (χ1v) is 8.12. The van der Waals surface area contributed by atoms with Gasteiger partial charge in [0.25, 0.3) is 0 Å². The number of carbonyl (C=O) groups is 2. The highest BCUT2D eigenvalue weighted by Gasteiger charge is 2.19. The van der Waals surface area contributed by atoms with E-state index in [0.29, 0.717) is 29.2 Å². The third kappa shape index (κ3) is 4.96. The molecule has 0 aliphatic carbocycles. The van der Waals surface area contributed by atoms with Crippen molar-refractivity contribution in [3.05, 3.63) is 6.33 Å². The number of fused-ring (bicyclic) bond motifs is 1. The van der Waals surface area contributed by atoms with Gasteiger partial charge < -0.3 is 31.9 Å². The molecule has 12 heteroatoms. The lowest BCUT2D eigenvalue weighted by Crippen LogP contribution is -2.43. The third-order valence-corrected chi connectivity index (χ3v) is 3.61. The van der Waals surface area contributed by atoms with Gasteiger partial charge in [-0.15, -0.1) is 0 Å². The maximum absolute atomic E-state index is 11.9. The molecule has 1 amide bonds. The van der Waals surface area contributed by atoms with Crippen LogP contribution >= 0.6 is 11.8 Å². The number of carboxylic acid groups (broad SMARTS) is 1. The summed E-state index contributed by atoms with van der Waals surface area (Å²) in [5.41, 5.74) is 6.47. The summed E-state index contributed by atoms with van der Waals surface area (Å²) in [6.07, 6.45) is 3.66. The molecule has 0 aromatic carbocycles. The van der Waals surface area contributed by atoms with Gasteiger partial charge >= 0.3 is 5.97 Å². The number of thioether (sulfide) groups is 1. The van der Waals surface area contributed by atoms with E-state index in [1.165, 1.54) is 18.1 Å². The van der Waals surface area contributed by atoms with Crippen LogP contribution in [0, 0.1) is 0 Å². The number of aliphatic carboxylic acids is 1. The van der Waals surface area contributed by atoms with Crippen molar-refractivity contribution in [2.24, 2.45) is 0 Å². The molecule has 132 valence electrons. The summed E-state index contributed by atoms with van der Waals surface area (Å²) in [5.74, 6) is -0.521. The zero-order valence-corrected chi connectivity index (χ0v) is 13.7. The monoisotopic (exact) mass is 357 g/mol. The summed E-state index contributed by atoms with van der Waals surface area (Å²) < 4.78 is 0. The van der Waals surface area contributed by atoms with Crippen molar-refractivity contribution in [1.82, 2.24) is 25.3 Å². The number of aromatic amines is 1. The summed E-state index contributed by atoms with van der Waals surface area (Å²) in [6.45, 7) is -0.145. The van der Waals surface area contributed by atoms with Gasteiger partial charge in [-0.25, -0.2) is 9.78 Å². The number of hydrogen-bond acceptors (Lipinski definition) is 8. The number of rotatable bonds is 8. The Hall–Kier alpha value is -2.60. The van der Waals surface area contributed by atoms with Gasteiger partial charge in [0.15, 0.2) is 11.5 Å². The van der Waals surface area contributed by atoms with Crippen LogP contribution in [0.3, 0.4) is 0 Å². The molecule has 0 spiro atoms. The Kier molecular flexibility index (Phi) is 7.20. The lowest BCUT2D eigenvalue weighted by atomic mass is 10.2. The molecule has 0 radical (unpaired) electrons. The Bertz CT molecular complexity index is 708. The molecule has 0 saturated heterocycles. The number of H-pyrrole nitrogens is 1. The van der Waals surface area contributed by atoms with Gasteiger partial charge in [0.05, 0.1) is 12.9 Å². The van der Waals surface area contributed by atoms with Gasteiger partial charge in [-0.3, -0.25) is 4.79 Å². The summed E-state index contributed by atoms with van der Waals surface area (Å²) in [6, 6.07) is -0.917. The minimum atomic E-state index is -1.06. The van der Waals surface area contributed by atoms with Crippen LogP contribution in [0.15, 0.2) is 6.33 Å². The minimum Gasteiger partial charge on any atom is -0.480 e. The normalized spacial score (nSPS) is 11.5. The van der Waals surface area contributed by atoms with Crippen molar-refractivity contribution in [3.8, 4) is 0 Å². The molecule has 0 unspecified atom stereocenters. The van der Waals surface area contributed by atoms with E-state index in [1.807, 2.05) is 6.26 Å². The van der Waals surface area contributed by atoms with Gasteiger partial charge in [0.1, 0.15) is 11.6 Å². The van der Waals surface area contributed by atoms with Crippen molar-refractivity contribution in [2.75, 3.05) is 29.6 Å². The van der Waals surface area contributed by atoms with Crippen LogP contribution in [-0.4, -0.2) is 67.0 Å². The Morgan fingerprint density at radius 2 is 2.21 bits per heavy atom. The number of nitrogens with zero attached hydrogens (tertiary/aromatic N) is 3. The van der Waals surface area contributed by atoms with E-state index >= 15 is 0 Å². The lowest BCUT2D eigenvalue weighted by molar-refractivity contribution is -0.141. The molecule has 0 saturated carbocycles. The van der Waals surface area contributed by atoms with Crippen molar-refractivity contribution < 1.29 is 20.2 Å². The number of amides is 1. The Labute approximate surface area is 141 Å². The molecular formula is C12H19N7O4S. The second kappa shape index (κ2) is 8.88. The van der Waals surface area contributed by atoms with Crippen molar-refractivity contribution in [2.45, 2.75) is 12.5 Å². The van der Waals surface area contributed by atoms with Crippen LogP contribution in [0.25, 0.3) is 11.2 Å². The number of aromatic nitrogens is 4. The van der Waals surface area contributed by atoms with Crippen LogP contribution in [0.4, 0.5) is 11.8 Å². The lowest BCUT2D eigenvalue weighted by Gasteiger charge is -2.14. The predicted molar refractivity (Wildman–Crippen MR) is 90.8 cm³/mol. The fraction of sp³-hybridized carbons (Fsp3) is 0.417. The van der Waals surface area contributed by atoms with Crippen molar-refractivity contribution in [1.29, 1.82) is 0 Å². The Morgan fingerprint density at radius 1 is 1.46 bits per heavy atom. The van der Waals surface area contributed by atoms with E-state index in [2.05, 4.69) is 30.6 Å². The van der Waals surface area contributed by atoms with Gasteiger partial charge in [0, 0.05) is 0 Å². The molecule has 2 aromatic heterocycles. The molecule has 0 aliphatic heterocycles. The van der Waals surface area contributed by atoms with E-state index in [0.717, 1.165) is 0 Å².